The zero-order valence-corrected chi connectivity index (χ0v) is 13.2. The maximum absolute atomic E-state index is 11.3. The van der Waals surface area contributed by atoms with Gasteiger partial charge in [-0.25, -0.2) is 0 Å². The van der Waals surface area contributed by atoms with Crippen LogP contribution in [0.15, 0.2) is 12.4 Å². The molecule has 0 spiro atoms. The highest BCUT2D eigenvalue weighted by Crippen LogP contribution is 2.06. The molecule has 0 saturated carbocycles. The van der Waals surface area contributed by atoms with Gasteiger partial charge in [0.15, 0.2) is 0 Å². The first-order valence-corrected chi connectivity index (χ1v) is 6.55. The second-order valence-corrected chi connectivity index (χ2v) is 6.27. The molecule has 0 atom stereocenters. The van der Waals surface area contributed by atoms with Crippen molar-refractivity contribution in [2.24, 2.45) is 0 Å². The summed E-state index contributed by atoms with van der Waals surface area (Å²) in [7, 11) is 0. The van der Waals surface area contributed by atoms with Gasteiger partial charge in [-0.1, -0.05) is 0 Å². The molecule has 0 rings (SSSR count). The fourth-order valence-corrected chi connectivity index (χ4v) is 1.16. The average molecular weight is 286 g/mol. The largest absolute Gasteiger partial charge is 0.459 e. The van der Waals surface area contributed by atoms with Gasteiger partial charge in [0.1, 0.15) is 24.3 Å². The number of hydrogen-bond acceptors (Lipinski definition) is 6. The molecule has 2 N–H and O–H groups in total. The third-order valence-electron chi connectivity index (χ3n) is 1.65. The Hall–Kier alpha value is -1.72. The summed E-state index contributed by atoms with van der Waals surface area (Å²) in [6, 6.07) is 0. The molecule has 0 aromatic carbocycles. The Morgan fingerprint density at radius 3 is 1.35 bits per heavy atom. The topological polar surface area (TPSA) is 76.7 Å². The van der Waals surface area contributed by atoms with Gasteiger partial charge in [0, 0.05) is 12.4 Å². The van der Waals surface area contributed by atoms with E-state index < -0.39 is 11.2 Å². The second kappa shape index (κ2) is 7.77. The van der Waals surface area contributed by atoms with Gasteiger partial charge in [-0.2, -0.15) is 0 Å². The molecule has 6 heteroatoms. The summed E-state index contributed by atoms with van der Waals surface area (Å²) in [5.41, 5.74) is -0.977. The van der Waals surface area contributed by atoms with Crippen LogP contribution in [0.3, 0.4) is 0 Å². The van der Waals surface area contributed by atoms with Gasteiger partial charge in [-0.05, 0) is 41.5 Å². The minimum Gasteiger partial charge on any atom is -0.459 e. The number of hydrogen-bond donors (Lipinski definition) is 2. The van der Waals surface area contributed by atoms with Crippen molar-refractivity contribution in [1.82, 2.24) is 10.6 Å². The normalized spacial score (nSPS) is 12.1. The second-order valence-electron chi connectivity index (χ2n) is 6.27. The molecule has 0 amide bonds. The molecule has 0 aliphatic carbocycles. The van der Waals surface area contributed by atoms with Crippen molar-refractivity contribution in [3.8, 4) is 0 Å². The third kappa shape index (κ3) is 12.7. The van der Waals surface area contributed by atoms with Crippen LogP contribution >= 0.6 is 0 Å². The smallest absolute Gasteiger partial charge is 0.325 e. The Morgan fingerprint density at radius 2 is 1.10 bits per heavy atom. The minimum atomic E-state index is -0.489. The monoisotopic (exact) mass is 286 g/mol. The third-order valence-corrected chi connectivity index (χ3v) is 1.65. The highest BCUT2D eigenvalue weighted by Gasteiger charge is 2.16. The lowest BCUT2D eigenvalue weighted by molar-refractivity contribution is -0.154. The van der Waals surface area contributed by atoms with Crippen LogP contribution in [0.25, 0.3) is 0 Å². The standard InChI is InChI=1S/C14H26N2O4/c1-13(2,3)19-11(17)9-15-7-8-16-10-12(18)20-14(4,5)6/h7-8,15-16H,9-10H2,1-6H3/b8-7+. The van der Waals surface area contributed by atoms with E-state index in [2.05, 4.69) is 10.6 Å². The van der Waals surface area contributed by atoms with Crippen LogP contribution in [0, 0.1) is 0 Å². The fraction of sp³-hybridized carbons (Fsp3) is 0.714. The number of nitrogens with one attached hydrogen (secondary N) is 2. The Balaban J connectivity index is 3.73. The van der Waals surface area contributed by atoms with Crippen molar-refractivity contribution < 1.29 is 19.1 Å². The Morgan fingerprint density at radius 1 is 0.800 bits per heavy atom. The van der Waals surface area contributed by atoms with E-state index >= 15 is 0 Å². The number of rotatable bonds is 6. The summed E-state index contributed by atoms with van der Waals surface area (Å²) in [6.45, 7) is 11.0. The van der Waals surface area contributed by atoms with Crippen molar-refractivity contribution in [2.45, 2.75) is 52.7 Å². The van der Waals surface area contributed by atoms with Gasteiger partial charge in [0.2, 0.25) is 0 Å². The van der Waals surface area contributed by atoms with Crippen LogP contribution < -0.4 is 10.6 Å². The lowest BCUT2D eigenvalue weighted by atomic mass is 10.2. The number of esters is 2. The molecule has 20 heavy (non-hydrogen) atoms. The van der Waals surface area contributed by atoms with Crippen molar-refractivity contribution >= 4 is 11.9 Å². The Bertz CT molecular complexity index is 317. The summed E-state index contributed by atoms with van der Waals surface area (Å²) in [4.78, 5) is 22.7. The van der Waals surface area contributed by atoms with Crippen molar-refractivity contribution in [3.63, 3.8) is 0 Å². The summed E-state index contributed by atoms with van der Waals surface area (Å²) >= 11 is 0. The molecule has 0 aromatic heterocycles. The van der Waals surface area contributed by atoms with E-state index in [0.29, 0.717) is 0 Å². The van der Waals surface area contributed by atoms with Crippen LogP contribution in [-0.2, 0) is 19.1 Å². The zero-order valence-electron chi connectivity index (χ0n) is 13.2. The summed E-state index contributed by atoms with van der Waals surface area (Å²) in [5.74, 6) is -0.677. The van der Waals surface area contributed by atoms with Gasteiger partial charge in [0.25, 0.3) is 0 Å². The van der Waals surface area contributed by atoms with Gasteiger partial charge >= 0.3 is 11.9 Å². The van der Waals surface area contributed by atoms with Gasteiger partial charge in [0.05, 0.1) is 0 Å². The lowest BCUT2D eigenvalue weighted by Gasteiger charge is -2.19. The molecule has 0 aromatic rings. The Labute approximate surface area is 120 Å². The highest BCUT2D eigenvalue weighted by molar-refractivity contribution is 5.72. The van der Waals surface area contributed by atoms with E-state index in [9.17, 15) is 9.59 Å². The number of ether oxygens (including phenoxy) is 2. The van der Waals surface area contributed by atoms with Crippen molar-refractivity contribution in [3.05, 3.63) is 12.4 Å². The van der Waals surface area contributed by atoms with E-state index in [1.54, 1.807) is 0 Å². The quantitative estimate of drug-likeness (QED) is 0.717. The first-order valence-electron chi connectivity index (χ1n) is 6.55. The number of carbonyl (C=O) groups excluding carboxylic acids is 2. The van der Waals surface area contributed by atoms with E-state index in [-0.39, 0.29) is 25.0 Å². The predicted molar refractivity (Wildman–Crippen MR) is 76.8 cm³/mol. The van der Waals surface area contributed by atoms with Crippen LogP contribution in [0.1, 0.15) is 41.5 Å². The molecule has 116 valence electrons. The van der Waals surface area contributed by atoms with E-state index in [0.717, 1.165) is 0 Å². The molecule has 0 heterocycles. The summed E-state index contributed by atoms with van der Waals surface area (Å²) in [5, 5.41) is 5.52. The van der Waals surface area contributed by atoms with Crippen LogP contribution in [0.5, 0.6) is 0 Å². The first kappa shape index (κ1) is 18.3. The van der Waals surface area contributed by atoms with Gasteiger partial charge in [-0.3, -0.25) is 9.59 Å². The van der Waals surface area contributed by atoms with E-state index in [1.165, 1.54) is 12.4 Å². The number of carbonyl (C=O) groups is 2. The molecule has 0 radical (unpaired) electrons. The molecule has 0 saturated heterocycles. The highest BCUT2D eigenvalue weighted by atomic mass is 16.6. The molecule has 0 aliphatic rings. The van der Waals surface area contributed by atoms with Gasteiger partial charge in [-0.15, -0.1) is 0 Å². The summed E-state index contributed by atoms with van der Waals surface area (Å²) in [6.07, 6.45) is 3.07. The van der Waals surface area contributed by atoms with Crippen LogP contribution in [0.2, 0.25) is 0 Å². The van der Waals surface area contributed by atoms with Crippen LogP contribution in [-0.4, -0.2) is 36.2 Å². The predicted octanol–water partition coefficient (Wildman–Crippen LogP) is 1.32. The van der Waals surface area contributed by atoms with Crippen molar-refractivity contribution in [2.75, 3.05) is 13.1 Å². The van der Waals surface area contributed by atoms with E-state index in [4.69, 9.17) is 9.47 Å². The minimum absolute atomic E-state index is 0.0713. The van der Waals surface area contributed by atoms with Gasteiger partial charge < -0.3 is 20.1 Å². The molecular weight excluding hydrogens is 260 g/mol. The zero-order chi connectivity index (χ0) is 15.8. The van der Waals surface area contributed by atoms with E-state index in [1.807, 2.05) is 41.5 Å². The maximum Gasteiger partial charge on any atom is 0.325 e. The lowest BCUT2D eigenvalue weighted by Crippen LogP contribution is -2.31. The molecule has 6 nitrogen and oxygen atoms in total. The molecule has 0 unspecified atom stereocenters. The molecule has 0 aliphatic heterocycles. The SMILES string of the molecule is CC(C)(C)OC(=O)CN/C=C/NCC(=O)OC(C)(C)C. The van der Waals surface area contributed by atoms with Crippen molar-refractivity contribution in [1.29, 1.82) is 0 Å². The summed E-state index contributed by atoms with van der Waals surface area (Å²) < 4.78 is 10.2. The molecule has 0 bridgehead atoms. The molecular formula is C14H26N2O4. The fourth-order valence-electron chi connectivity index (χ4n) is 1.16. The molecule has 0 fully saturated rings. The maximum atomic E-state index is 11.3. The average Bonchev–Trinajstić information content (AvgIpc) is 2.17. The first-order chi connectivity index (χ1) is 8.99. The van der Waals surface area contributed by atoms with Crippen LogP contribution in [0.4, 0.5) is 0 Å². The Kier molecular flexibility index (Phi) is 7.10.